The fourth-order valence-corrected chi connectivity index (χ4v) is 3.56. The van der Waals surface area contributed by atoms with Gasteiger partial charge in [0.15, 0.2) is 0 Å². The molecule has 0 bridgehead atoms. The molecule has 1 fully saturated rings. The zero-order valence-electron chi connectivity index (χ0n) is 11.4. The summed E-state index contributed by atoms with van der Waals surface area (Å²) in [4.78, 5) is 10.8. The largest absolute Gasteiger partial charge is 0.507 e. The maximum atomic E-state index is 12.3. The molecule has 1 aliphatic heterocycles. The summed E-state index contributed by atoms with van der Waals surface area (Å²) in [5.41, 5.74) is -0.446. The molecule has 0 amide bonds. The minimum Gasteiger partial charge on any atom is -0.507 e. The Kier molecular flexibility index (Phi) is 4.50. The Balaban J connectivity index is 2.23. The number of ether oxygens (including phenoxy) is 1. The number of aromatic hydroxyl groups is 1. The summed E-state index contributed by atoms with van der Waals surface area (Å²) in [5.74, 6) is -1.86. The van der Waals surface area contributed by atoms with Crippen molar-refractivity contribution in [3.8, 4) is 5.75 Å². The van der Waals surface area contributed by atoms with E-state index in [1.807, 2.05) is 6.92 Å². The van der Waals surface area contributed by atoms with Crippen molar-refractivity contribution in [2.75, 3.05) is 6.61 Å². The quantitative estimate of drug-likeness (QED) is 0.762. The van der Waals surface area contributed by atoms with Crippen LogP contribution in [-0.2, 0) is 14.8 Å². The zero-order valence-corrected chi connectivity index (χ0v) is 12.3. The number of carbonyl (C=O) groups is 1. The summed E-state index contributed by atoms with van der Waals surface area (Å²) in [6, 6.07) is 2.93. The van der Waals surface area contributed by atoms with Crippen molar-refractivity contribution in [2.24, 2.45) is 0 Å². The van der Waals surface area contributed by atoms with Crippen LogP contribution in [0.5, 0.6) is 5.75 Å². The van der Waals surface area contributed by atoms with Crippen LogP contribution >= 0.6 is 0 Å². The van der Waals surface area contributed by atoms with Crippen molar-refractivity contribution in [2.45, 2.75) is 36.8 Å². The van der Waals surface area contributed by atoms with Crippen LogP contribution in [0.2, 0.25) is 0 Å². The predicted octanol–water partition coefficient (Wildman–Crippen LogP) is 0.936. The van der Waals surface area contributed by atoms with Gasteiger partial charge in [-0.3, -0.25) is 0 Å². The summed E-state index contributed by atoms with van der Waals surface area (Å²) >= 11 is 0. The number of carboxylic acids is 1. The van der Waals surface area contributed by atoms with Crippen molar-refractivity contribution in [3.05, 3.63) is 23.8 Å². The SMILES string of the molecule is CC1CC(NS(=O)(=O)c2ccc(O)c(C(=O)O)c2)CCO1. The van der Waals surface area contributed by atoms with Gasteiger partial charge >= 0.3 is 5.97 Å². The molecule has 0 aliphatic carbocycles. The van der Waals surface area contributed by atoms with Crippen molar-refractivity contribution in [1.29, 1.82) is 0 Å². The monoisotopic (exact) mass is 315 g/mol. The Labute approximate surface area is 122 Å². The van der Waals surface area contributed by atoms with Gasteiger partial charge in [-0.1, -0.05) is 0 Å². The molecular weight excluding hydrogens is 298 g/mol. The van der Waals surface area contributed by atoms with Gasteiger partial charge in [-0.2, -0.15) is 0 Å². The maximum Gasteiger partial charge on any atom is 0.339 e. The molecule has 3 N–H and O–H groups in total. The van der Waals surface area contributed by atoms with E-state index >= 15 is 0 Å². The van der Waals surface area contributed by atoms with Crippen LogP contribution in [0.4, 0.5) is 0 Å². The zero-order chi connectivity index (χ0) is 15.6. The van der Waals surface area contributed by atoms with E-state index in [1.54, 1.807) is 0 Å². The van der Waals surface area contributed by atoms with Crippen LogP contribution in [0.1, 0.15) is 30.1 Å². The molecule has 0 saturated carbocycles. The molecule has 21 heavy (non-hydrogen) atoms. The number of hydrogen-bond donors (Lipinski definition) is 3. The van der Waals surface area contributed by atoms with Gasteiger partial charge in [0.2, 0.25) is 10.0 Å². The van der Waals surface area contributed by atoms with Gasteiger partial charge in [0.25, 0.3) is 0 Å². The van der Waals surface area contributed by atoms with Crippen LogP contribution in [0, 0.1) is 0 Å². The molecule has 0 spiro atoms. The van der Waals surface area contributed by atoms with Crippen LogP contribution in [0.25, 0.3) is 0 Å². The van der Waals surface area contributed by atoms with E-state index in [0.29, 0.717) is 19.4 Å². The minimum absolute atomic E-state index is 0.0270. The number of carboxylic acid groups (broad SMARTS) is 1. The summed E-state index contributed by atoms with van der Waals surface area (Å²) in [6.07, 6.45) is 1.09. The highest BCUT2D eigenvalue weighted by Gasteiger charge is 2.26. The lowest BCUT2D eigenvalue weighted by Crippen LogP contribution is -2.41. The first-order valence-corrected chi connectivity index (χ1v) is 7.98. The van der Waals surface area contributed by atoms with E-state index < -0.39 is 27.3 Å². The van der Waals surface area contributed by atoms with Crippen molar-refractivity contribution in [3.63, 3.8) is 0 Å². The van der Waals surface area contributed by atoms with Gasteiger partial charge in [-0.15, -0.1) is 0 Å². The van der Waals surface area contributed by atoms with E-state index in [0.717, 1.165) is 12.1 Å². The number of hydrogen-bond acceptors (Lipinski definition) is 5. The smallest absolute Gasteiger partial charge is 0.339 e. The highest BCUT2D eigenvalue weighted by Crippen LogP contribution is 2.22. The fourth-order valence-electron chi connectivity index (χ4n) is 2.25. The van der Waals surface area contributed by atoms with Gasteiger partial charge in [0.1, 0.15) is 11.3 Å². The molecule has 1 heterocycles. The Morgan fingerprint density at radius 1 is 1.43 bits per heavy atom. The normalized spacial score (nSPS) is 22.9. The topological polar surface area (TPSA) is 113 Å². The Hall–Kier alpha value is -1.64. The molecule has 2 unspecified atom stereocenters. The number of aromatic carboxylic acids is 1. The first kappa shape index (κ1) is 15.7. The third-order valence-corrected chi connectivity index (χ3v) is 4.83. The number of nitrogens with one attached hydrogen (secondary N) is 1. The lowest BCUT2D eigenvalue weighted by atomic mass is 10.1. The summed E-state index contributed by atoms with van der Waals surface area (Å²) in [6.45, 7) is 2.34. The minimum atomic E-state index is -3.84. The number of benzene rings is 1. The van der Waals surface area contributed by atoms with Gasteiger partial charge in [0, 0.05) is 12.6 Å². The van der Waals surface area contributed by atoms with E-state index in [1.165, 1.54) is 6.07 Å². The third kappa shape index (κ3) is 3.72. The van der Waals surface area contributed by atoms with E-state index in [2.05, 4.69) is 4.72 Å². The molecule has 8 heteroatoms. The van der Waals surface area contributed by atoms with E-state index in [4.69, 9.17) is 9.84 Å². The van der Waals surface area contributed by atoms with Crippen LogP contribution in [0.15, 0.2) is 23.1 Å². The first-order valence-electron chi connectivity index (χ1n) is 6.50. The molecule has 1 aromatic carbocycles. The van der Waals surface area contributed by atoms with E-state index in [9.17, 15) is 18.3 Å². The van der Waals surface area contributed by atoms with Gasteiger partial charge < -0.3 is 14.9 Å². The molecule has 0 radical (unpaired) electrons. The molecule has 0 aromatic heterocycles. The third-order valence-electron chi connectivity index (χ3n) is 3.32. The number of phenols is 1. The molecule has 1 aliphatic rings. The highest BCUT2D eigenvalue weighted by atomic mass is 32.2. The number of rotatable bonds is 4. The predicted molar refractivity (Wildman–Crippen MR) is 73.8 cm³/mol. The van der Waals surface area contributed by atoms with Crippen molar-refractivity contribution in [1.82, 2.24) is 4.72 Å². The number of sulfonamides is 1. The van der Waals surface area contributed by atoms with Crippen molar-refractivity contribution < 1.29 is 28.2 Å². The molecule has 1 aromatic rings. The standard InChI is InChI=1S/C13H17NO6S/c1-8-6-9(4-5-20-8)14-21(18,19)10-2-3-12(15)11(7-10)13(16)17/h2-3,7-9,14-15H,4-6H2,1H3,(H,16,17). The second-order valence-corrected chi connectivity index (χ2v) is 6.72. The molecule has 2 atom stereocenters. The van der Waals surface area contributed by atoms with Crippen molar-refractivity contribution >= 4 is 16.0 Å². The Morgan fingerprint density at radius 3 is 2.76 bits per heavy atom. The van der Waals surface area contributed by atoms with Gasteiger partial charge in [0.05, 0.1) is 11.0 Å². The average molecular weight is 315 g/mol. The molecule has 2 rings (SSSR count). The highest BCUT2D eigenvalue weighted by molar-refractivity contribution is 7.89. The summed E-state index contributed by atoms with van der Waals surface area (Å²) < 4.78 is 32.4. The average Bonchev–Trinajstić information content (AvgIpc) is 2.38. The maximum absolute atomic E-state index is 12.3. The van der Waals surface area contributed by atoms with Gasteiger partial charge in [-0.05, 0) is 38.0 Å². The fraction of sp³-hybridized carbons (Fsp3) is 0.462. The second-order valence-electron chi connectivity index (χ2n) is 5.01. The van der Waals surface area contributed by atoms with Gasteiger partial charge in [-0.25, -0.2) is 17.9 Å². The van der Waals surface area contributed by atoms with Crippen LogP contribution in [0.3, 0.4) is 0 Å². The lowest BCUT2D eigenvalue weighted by molar-refractivity contribution is 0.0173. The first-order chi connectivity index (χ1) is 9.79. The molecule has 7 nitrogen and oxygen atoms in total. The molecule has 116 valence electrons. The Bertz CT molecular complexity index is 642. The van der Waals surface area contributed by atoms with E-state index in [-0.39, 0.29) is 17.0 Å². The summed E-state index contributed by atoms with van der Waals surface area (Å²) in [5, 5.41) is 18.3. The lowest BCUT2D eigenvalue weighted by Gasteiger charge is -2.27. The molecule has 1 saturated heterocycles. The molecular formula is C13H17NO6S. The van der Waals surface area contributed by atoms with Crippen LogP contribution < -0.4 is 4.72 Å². The summed E-state index contributed by atoms with van der Waals surface area (Å²) in [7, 11) is -3.84. The second kappa shape index (κ2) is 6.00. The Morgan fingerprint density at radius 2 is 2.14 bits per heavy atom. The van der Waals surface area contributed by atoms with Crippen LogP contribution in [-0.4, -0.2) is 43.4 Å².